The zero-order valence-corrected chi connectivity index (χ0v) is 14.5. The minimum absolute atomic E-state index is 0.265. The number of rotatable bonds is 6. The van der Waals surface area contributed by atoms with Gasteiger partial charge in [-0.1, -0.05) is 5.16 Å². The van der Waals surface area contributed by atoms with Crippen molar-refractivity contribution in [3.8, 4) is 5.69 Å². The van der Waals surface area contributed by atoms with Crippen molar-refractivity contribution >= 4 is 11.7 Å². The van der Waals surface area contributed by atoms with Gasteiger partial charge in [-0.3, -0.25) is 0 Å². The third-order valence-electron chi connectivity index (χ3n) is 4.28. The van der Waals surface area contributed by atoms with E-state index in [0.717, 1.165) is 35.9 Å². The number of hydrogen-bond acceptors (Lipinski definition) is 5. The fourth-order valence-electron chi connectivity index (χ4n) is 2.69. The molecule has 8 heteroatoms. The molecule has 0 spiro atoms. The van der Waals surface area contributed by atoms with Crippen LogP contribution in [0.4, 0.5) is 10.5 Å². The van der Waals surface area contributed by atoms with Crippen molar-refractivity contribution < 1.29 is 9.32 Å². The Hall–Kier alpha value is -3.16. The first-order valence-electron chi connectivity index (χ1n) is 8.67. The van der Waals surface area contributed by atoms with E-state index in [-0.39, 0.29) is 6.03 Å². The topological polar surface area (TPSA) is 97.9 Å². The zero-order chi connectivity index (χ0) is 17.9. The Labute approximate surface area is 150 Å². The Balaban J connectivity index is 1.25. The van der Waals surface area contributed by atoms with E-state index in [1.54, 1.807) is 6.20 Å². The second-order valence-electron chi connectivity index (χ2n) is 6.34. The lowest BCUT2D eigenvalue weighted by atomic mass is 10.2. The highest BCUT2D eigenvalue weighted by Crippen LogP contribution is 2.38. The van der Waals surface area contributed by atoms with Gasteiger partial charge in [-0.05, 0) is 44.0 Å². The van der Waals surface area contributed by atoms with Gasteiger partial charge in [0.25, 0.3) is 0 Å². The molecule has 4 rings (SSSR count). The van der Waals surface area contributed by atoms with Gasteiger partial charge < -0.3 is 19.7 Å². The Kier molecular flexibility index (Phi) is 4.39. The van der Waals surface area contributed by atoms with Gasteiger partial charge in [0.1, 0.15) is 5.82 Å². The van der Waals surface area contributed by atoms with Crippen LogP contribution >= 0.6 is 0 Å². The number of urea groups is 1. The van der Waals surface area contributed by atoms with Crippen LogP contribution in [0.5, 0.6) is 0 Å². The standard InChI is InChI=1S/C18H20N6O2/c1-12-19-10-11-24(12)15-6-4-14(5-7-15)21-18(25)20-9-8-16-22-17(23-26-16)13-2-3-13/h4-7,10-11,13H,2-3,8-9H2,1H3,(H2,20,21,25). The second-order valence-corrected chi connectivity index (χ2v) is 6.34. The lowest BCUT2D eigenvalue weighted by molar-refractivity contribution is 0.252. The number of nitrogens with one attached hydrogen (secondary N) is 2. The monoisotopic (exact) mass is 352 g/mol. The minimum atomic E-state index is -0.265. The summed E-state index contributed by atoms with van der Waals surface area (Å²) < 4.78 is 7.16. The van der Waals surface area contributed by atoms with E-state index >= 15 is 0 Å². The molecule has 0 atom stereocenters. The first kappa shape index (κ1) is 16.3. The molecule has 8 nitrogen and oxygen atoms in total. The second kappa shape index (κ2) is 6.99. The molecule has 1 aliphatic carbocycles. The Morgan fingerprint density at radius 2 is 2.12 bits per heavy atom. The van der Waals surface area contributed by atoms with Gasteiger partial charge in [-0.2, -0.15) is 4.98 Å². The number of imidazole rings is 1. The van der Waals surface area contributed by atoms with Crippen LogP contribution in [0.15, 0.2) is 41.2 Å². The first-order chi connectivity index (χ1) is 12.7. The molecular formula is C18H20N6O2. The fourth-order valence-corrected chi connectivity index (χ4v) is 2.69. The van der Waals surface area contributed by atoms with Crippen LogP contribution < -0.4 is 10.6 Å². The summed E-state index contributed by atoms with van der Waals surface area (Å²) in [5.74, 6) is 2.73. The highest BCUT2D eigenvalue weighted by atomic mass is 16.5. The number of aryl methyl sites for hydroxylation is 1. The number of anilines is 1. The summed E-state index contributed by atoms with van der Waals surface area (Å²) in [6.45, 7) is 2.38. The van der Waals surface area contributed by atoms with Crippen LogP contribution in [0.1, 0.15) is 36.3 Å². The lowest BCUT2D eigenvalue weighted by Crippen LogP contribution is -2.30. The number of amides is 2. The molecule has 2 amide bonds. The molecule has 2 N–H and O–H groups in total. The molecule has 3 aromatic rings. The average Bonchev–Trinajstić information content (AvgIpc) is 3.23. The van der Waals surface area contributed by atoms with Crippen LogP contribution in [0.2, 0.25) is 0 Å². The van der Waals surface area contributed by atoms with Crippen molar-refractivity contribution in [1.29, 1.82) is 0 Å². The van der Waals surface area contributed by atoms with E-state index in [0.29, 0.717) is 24.8 Å². The van der Waals surface area contributed by atoms with Crippen LogP contribution in [-0.2, 0) is 6.42 Å². The zero-order valence-electron chi connectivity index (χ0n) is 14.5. The van der Waals surface area contributed by atoms with Crippen molar-refractivity contribution in [3.63, 3.8) is 0 Å². The van der Waals surface area contributed by atoms with Crippen LogP contribution in [0.25, 0.3) is 5.69 Å². The summed E-state index contributed by atoms with van der Waals surface area (Å²) in [5.41, 5.74) is 1.71. The maximum Gasteiger partial charge on any atom is 0.319 e. The molecule has 1 saturated carbocycles. The van der Waals surface area contributed by atoms with Crippen LogP contribution in [0, 0.1) is 6.92 Å². The molecule has 0 bridgehead atoms. The van der Waals surface area contributed by atoms with Gasteiger partial charge in [0.15, 0.2) is 5.82 Å². The van der Waals surface area contributed by atoms with Gasteiger partial charge in [-0.25, -0.2) is 9.78 Å². The highest BCUT2D eigenvalue weighted by Gasteiger charge is 2.28. The number of carbonyl (C=O) groups is 1. The molecule has 2 aromatic heterocycles. The highest BCUT2D eigenvalue weighted by molar-refractivity contribution is 5.89. The maximum absolute atomic E-state index is 12.0. The summed E-state index contributed by atoms with van der Waals surface area (Å²) in [7, 11) is 0. The van der Waals surface area contributed by atoms with E-state index in [1.165, 1.54) is 0 Å². The van der Waals surface area contributed by atoms with E-state index in [2.05, 4.69) is 25.8 Å². The maximum atomic E-state index is 12.0. The third kappa shape index (κ3) is 3.74. The number of aromatic nitrogens is 4. The quantitative estimate of drug-likeness (QED) is 0.711. The average molecular weight is 352 g/mol. The number of benzene rings is 1. The first-order valence-corrected chi connectivity index (χ1v) is 8.67. The molecule has 0 aliphatic heterocycles. The predicted molar refractivity (Wildman–Crippen MR) is 95.3 cm³/mol. The third-order valence-corrected chi connectivity index (χ3v) is 4.28. The fraction of sp³-hybridized carbons (Fsp3) is 0.333. The summed E-state index contributed by atoms with van der Waals surface area (Å²) in [6.07, 6.45) is 6.45. The largest absolute Gasteiger partial charge is 0.339 e. The van der Waals surface area contributed by atoms with Gasteiger partial charge in [0.2, 0.25) is 5.89 Å². The normalized spacial score (nSPS) is 13.6. The SMILES string of the molecule is Cc1nccn1-c1ccc(NC(=O)NCCc2nc(C3CC3)no2)cc1. The van der Waals surface area contributed by atoms with Crippen molar-refractivity contribution in [3.05, 3.63) is 54.2 Å². The Bertz CT molecular complexity index is 895. The van der Waals surface area contributed by atoms with E-state index in [4.69, 9.17) is 4.52 Å². The molecule has 0 saturated heterocycles. The van der Waals surface area contributed by atoms with Crippen LogP contribution in [0.3, 0.4) is 0 Å². The molecule has 2 heterocycles. The lowest BCUT2D eigenvalue weighted by Gasteiger charge is -2.09. The van der Waals surface area contributed by atoms with Gasteiger partial charge >= 0.3 is 6.03 Å². The smallest absolute Gasteiger partial charge is 0.319 e. The molecule has 1 aliphatic rings. The summed E-state index contributed by atoms with van der Waals surface area (Å²) in [6, 6.07) is 7.31. The molecule has 134 valence electrons. The van der Waals surface area contributed by atoms with Gasteiger partial charge in [-0.15, -0.1) is 0 Å². The summed E-state index contributed by atoms with van der Waals surface area (Å²) in [4.78, 5) is 20.5. The van der Waals surface area contributed by atoms with Gasteiger partial charge in [0.05, 0.1) is 0 Å². The molecule has 26 heavy (non-hydrogen) atoms. The van der Waals surface area contributed by atoms with Crippen molar-refractivity contribution in [2.45, 2.75) is 32.1 Å². The molecule has 0 radical (unpaired) electrons. The number of nitrogens with zero attached hydrogens (tertiary/aromatic N) is 4. The summed E-state index contributed by atoms with van der Waals surface area (Å²) >= 11 is 0. The van der Waals surface area contributed by atoms with E-state index in [9.17, 15) is 4.79 Å². The molecule has 0 unspecified atom stereocenters. The number of hydrogen-bond donors (Lipinski definition) is 2. The van der Waals surface area contributed by atoms with Gasteiger partial charge in [0, 0.05) is 42.7 Å². The minimum Gasteiger partial charge on any atom is -0.339 e. The molecule has 1 aromatic carbocycles. The Morgan fingerprint density at radius 3 is 2.81 bits per heavy atom. The van der Waals surface area contributed by atoms with Crippen molar-refractivity contribution in [2.24, 2.45) is 0 Å². The van der Waals surface area contributed by atoms with Crippen LogP contribution in [-0.4, -0.2) is 32.3 Å². The van der Waals surface area contributed by atoms with E-state index < -0.39 is 0 Å². The van der Waals surface area contributed by atoms with E-state index in [1.807, 2.05) is 42.0 Å². The van der Waals surface area contributed by atoms with Crippen molar-refractivity contribution in [2.75, 3.05) is 11.9 Å². The van der Waals surface area contributed by atoms with Crippen molar-refractivity contribution in [1.82, 2.24) is 25.0 Å². The Morgan fingerprint density at radius 1 is 1.31 bits per heavy atom. The molecule has 1 fully saturated rings. The number of carbonyl (C=O) groups excluding carboxylic acids is 1. The molecular weight excluding hydrogens is 332 g/mol. The summed E-state index contributed by atoms with van der Waals surface area (Å²) in [5, 5.41) is 9.56. The predicted octanol–water partition coefficient (Wildman–Crippen LogP) is 2.81.